The number of sulfonamides is 1. The summed E-state index contributed by atoms with van der Waals surface area (Å²) in [6.45, 7) is 1.89. The number of carbonyl (C=O) groups excluding carboxylic acids is 3. The third kappa shape index (κ3) is 4.38. The van der Waals surface area contributed by atoms with Gasteiger partial charge in [-0.15, -0.1) is 0 Å². The van der Waals surface area contributed by atoms with Gasteiger partial charge in [-0.25, -0.2) is 17.9 Å². The van der Waals surface area contributed by atoms with Crippen molar-refractivity contribution in [1.29, 1.82) is 0 Å². The molecule has 0 unspecified atom stereocenters. The molecule has 1 fully saturated rings. The molecule has 2 N–H and O–H groups in total. The minimum atomic E-state index is -3.62. The van der Waals surface area contributed by atoms with Crippen molar-refractivity contribution in [1.82, 2.24) is 14.5 Å². The maximum absolute atomic E-state index is 12.1. The lowest BCUT2D eigenvalue weighted by atomic mass is 10.2. The van der Waals surface area contributed by atoms with Gasteiger partial charge in [0.05, 0.1) is 4.90 Å². The van der Waals surface area contributed by atoms with Crippen molar-refractivity contribution in [3.8, 4) is 0 Å². The van der Waals surface area contributed by atoms with Gasteiger partial charge in [0, 0.05) is 25.7 Å². The highest BCUT2D eigenvalue weighted by Gasteiger charge is 2.32. The molecule has 0 spiro atoms. The van der Waals surface area contributed by atoms with Crippen molar-refractivity contribution in [3.05, 3.63) is 23.8 Å². The van der Waals surface area contributed by atoms with Crippen LogP contribution in [-0.2, 0) is 19.6 Å². The lowest BCUT2D eigenvalue weighted by Crippen LogP contribution is -2.32. The monoisotopic (exact) mass is 382 g/mol. The highest BCUT2D eigenvalue weighted by molar-refractivity contribution is 7.89. The lowest BCUT2D eigenvalue weighted by molar-refractivity contribution is -0.125. The summed E-state index contributed by atoms with van der Waals surface area (Å²) in [7, 11) is -0.760. The van der Waals surface area contributed by atoms with E-state index in [4.69, 9.17) is 0 Å². The fraction of sp³-hybridized carbons (Fsp3) is 0.438. The molecule has 0 saturated carbocycles. The van der Waals surface area contributed by atoms with E-state index in [0.717, 1.165) is 4.90 Å². The Hall–Kier alpha value is -2.46. The summed E-state index contributed by atoms with van der Waals surface area (Å²) in [5, 5.41) is 2.63. The van der Waals surface area contributed by atoms with Gasteiger partial charge in [0.2, 0.25) is 21.8 Å². The summed E-state index contributed by atoms with van der Waals surface area (Å²) >= 11 is 0. The smallest absolute Gasteiger partial charge is 0.326 e. The Kier molecular flexibility index (Phi) is 5.98. The summed E-state index contributed by atoms with van der Waals surface area (Å²) in [5.41, 5.74) is 0.926. The summed E-state index contributed by atoms with van der Waals surface area (Å²) in [4.78, 5) is 38.0. The second-order valence-corrected chi connectivity index (χ2v) is 7.88. The number of rotatable bonds is 7. The molecule has 0 bridgehead atoms. The number of hydrogen-bond donors (Lipinski definition) is 2. The number of anilines is 1. The first-order valence-corrected chi connectivity index (χ1v) is 9.53. The predicted octanol–water partition coefficient (Wildman–Crippen LogP) is 0.516. The first-order chi connectivity index (χ1) is 12.2. The molecule has 142 valence electrons. The number of imide groups is 1. The van der Waals surface area contributed by atoms with Gasteiger partial charge in [-0.2, -0.15) is 0 Å². The summed E-state index contributed by atoms with van der Waals surface area (Å²) in [6.07, 6.45) is 0.424. The van der Waals surface area contributed by atoms with Gasteiger partial charge in [0.1, 0.15) is 6.54 Å². The fourth-order valence-corrected chi connectivity index (χ4v) is 3.58. The molecule has 0 aliphatic carbocycles. The molecule has 1 aromatic rings. The van der Waals surface area contributed by atoms with Crippen LogP contribution in [-0.4, -0.2) is 63.2 Å². The Morgan fingerprint density at radius 3 is 2.54 bits per heavy atom. The van der Waals surface area contributed by atoms with Crippen molar-refractivity contribution < 1.29 is 22.8 Å². The third-order valence-electron chi connectivity index (χ3n) is 4.05. The highest BCUT2D eigenvalue weighted by Crippen LogP contribution is 2.20. The van der Waals surface area contributed by atoms with E-state index in [-0.39, 0.29) is 42.3 Å². The normalized spacial score (nSPS) is 14.9. The molecule has 4 amide bonds. The van der Waals surface area contributed by atoms with Gasteiger partial charge in [0.25, 0.3) is 0 Å². The molecule has 2 rings (SSSR count). The molecule has 9 nitrogen and oxygen atoms in total. The number of likely N-dealkylation sites (N-methyl/N-ethyl adjacent to an activating group) is 1. The van der Waals surface area contributed by atoms with Crippen LogP contribution in [0, 0.1) is 6.92 Å². The average Bonchev–Trinajstić information content (AvgIpc) is 2.82. The number of urea groups is 1. The summed E-state index contributed by atoms with van der Waals surface area (Å²) < 4.78 is 26.2. The minimum Gasteiger partial charge on any atom is -0.326 e. The van der Waals surface area contributed by atoms with E-state index in [1.54, 1.807) is 26.1 Å². The highest BCUT2D eigenvalue weighted by atomic mass is 32.2. The maximum Gasteiger partial charge on any atom is 0.326 e. The number of amides is 4. The molecular weight excluding hydrogens is 360 g/mol. The van der Waals surface area contributed by atoms with Crippen molar-refractivity contribution in [2.45, 2.75) is 24.7 Å². The second-order valence-electron chi connectivity index (χ2n) is 6.02. The Morgan fingerprint density at radius 2 is 1.96 bits per heavy atom. The van der Waals surface area contributed by atoms with E-state index in [0.29, 0.717) is 17.7 Å². The van der Waals surface area contributed by atoms with E-state index in [1.165, 1.54) is 18.0 Å². The number of carbonyl (C=O) groups is 3. The first kappa shape index (κ1) is 19.9. The van der Waals surface area contributed by atoms with Crippen LogP contribution in [0.15, 0.2) is 23.1 Å². The molecule has 1 aliphatic rings. The Morgan fingerprint density at radius 1 is 1.27 bits per heavy atom. The quantitative estimate of drug-likeness (QED) is 0.667. The number of aryl methyl sites for hydroxylation is 1. The van der Waals surface area contributed by atoms with Gasteiger partial charge in [0.15, 0.2) is 0 Å². The number of nitrogens with zero attached hydrogens (tertiary/aromatic N) is 2. The first-order valence-electron chi connectivity index (χ1n) is 8.05. The van der Waals surface area contributed by atoms with Crippen LogP contribution in [0.4, 0.5) is 10.5 Å². The lowest BCUT2D eigenvalue weighted by Gasteiger charge is -2.14. The van der Waals surface area contributed by atoms with Crippen LogP contribution in [0.25, 0.3) is 0 Å². The van der Waals surface area contributed by atoms with Gasteiger partial charge in [-0.05, 0) is 38.1 Å². The van der Waals surface area contributed by atoms with Crippen molar-refractivity contribution in [2.75, 3.05) is 32.5 Å². The molecule has 0 atom stereocenters. The Labute approximate surface area is 152 Å². The van der Waals surface area contributed by atoms with E-state index >= 15 is 0 Å². The number of benzene rings is 1. The molecule has 26 heavy (non-hydrogen) atoms. The molecular formula is C16H22N4O5S. The summed E-state index contributed by atoms with van der Waals surface area (Å²) in [6, 6.07) is 4.25. The van der Waals surface area contributed by atoms with Gasteiger partial charge >= 0.3 is 6.03 Å². The summed E-state index contributed by atoms with van der Waals surface area (Å²) in [5.74, 6) is -0.604. The zero-order valence-corrected chi connectivity index (χ0v) is 15.7. The SMILES string of the molecule is CNS(=O)(=O)c1cc(NC(=O)CCCN2C(=O)CN(C)C2=O)ccc1C. The number of nitrogens with one attached hydrogen (secondary N) is 2. The van der Waals surface area contributed by atoms with Gasteiger partial charge in [-0.3, -0.25) is 14.5 Å². The molecule has 1 saturated heterocycles. The zero-order chi connectivity index (χ0) is 19.5. The van der Waals surface area contributed by atoms with Crippen LogP contribution < -0.4 is 10.0 Å². The molecule has 0 radical (unpaired) electrons. The van der Waals surface area contributed by atoms with E-state index in [2.05, 4.69) is 10.0 Å². The van der Waals surface area contributed by atoms with Crippen LogP contribution in [0.2, 0.25) is 0 Å². The van der Waals surface area contributed by atoms with Crippen molar-refractivity contribution in [3.63, 3.8) is 0 Å². The standard InChI is InChI=1S/C16H22N4O5S/c1-11-6-7-12(9-13(11)26(24,25)17-2)18-14(21)5-4-8-20-15(22)10-19(3)16(20)23/h6-7,9,17H,4-5,8,10H2,1-3H3,(H,18,21). The third-order valence-corrected chi connectivity index (χ3v) is 5.60. The maximum atomic E-state index is 12.1. The van der Waals surface area contributed by atoms with E-state index in [9.17, 15) is 22.8 Å². The van der Waals surface area contributed by atoms with Crippen LogP contribution in [0.1, 0.15) is 18.4 Å². The van der Waals surface area contributed by atoms with Crippen molar-refractivity contribution in [2.24, 2.45) is 0 Å². The fourth-order valence-electron chi connectivity index (χ4n) is 2.59. The Bertz CT molecular complexity index is 837. The molecule has 0 aromatic heterocycles. The van der Waals surface area contributed by atoms with Gasteiger partial charge in [-0.1, -0.05) is 6.07 Å². The van der Waals surface area contributed by atoms with Gasteiger partial charge < -0.3 is 10.2 Å². The zero-order valence-electron chi connectivity index (χ0n) is 14.9. The number of hydrogen-bond acceptors (Lipinski definition) is 5. The van der Waals surface area contributed by atoms with Crippen LogP contribution in [0.5, 0.6) is 0 Å². The minimum absolute atomic E-state index is 0.0527. The Balaban J connectivity index is 1.93. The van der Waals surface area contributed by atoms with Crippen LogP contribution in [0.3, 0.4) is 0 Å². The topological polar surface area (TPSA) is 116 Å². The predicted molar refractivity (Wildman–Crippen MR) is 95.0 cm³/mol. The molecule has 1 aromatic carbocycles. The van der Waals surface area contributed by atoms with Crippen LogP contribution >= 0.6 is 0 Å². The molecule has 10 heteroatoms. The molecule has 1 aliphatic heterocycles. The largest absolute Gasteiger partial charge is 0.326 e. The van der Waals surface area contributed by atoms with E-state index in [1.807, 2.05) is 0 Å². The van der Waals surface area contributed by atoms with Crippen molar-refractivity contribution >= 4 is 33.6 Å². The van der Waals surface area contributed by atoms with E-state index < -0.39 is 10.0 Å². The second kappa shape index (κ2) is 7.83. The molecule has 1 heterocycles. The average molecular weight is 382 g/mol.